The van der Waals surface area contributed by atoms with Gasteiger partial charge in [-0.2, -0.15) is 0 Å². The van der Waals surface area contributed by atoms with E-state index in [1.807, 2.05) is 0 Å². The Balaban J connectivity index is 1.72. The number of benzene rings is 2. The number of nitro groups is 1. The van der Waals surface area contributed by atoms with Gasteiger partial charge in [-0.15, -0.1) is 0 Å². The highest BCUT2D eigenvalue weighted by Crippen LogP contribution is 2.30. The molecule has 2 aromatic rings. The highest BCUT2D eigenvalue weighted by molar-refractivity contribution is 7.92. The summed E-state index contributed by atoms with van der Waals surface area (Å²) in [6, 6.07) is 8.50. The van der Waals surface area contributed by atoms with Crippen LogP contribution in [0.3, 0.4) is 0 Å². The summed E-state index contributed by atoms with van der Waals surface area (Å²) >= 11 is 0. The maximum atomic E-state index is 12.5. The van der Waals surface area contributed by atoms with Crippen LogP contribution in [0.2, 0.25) is 0 Å². The van der Waals surface area contributed by atoms with Crippen molar-refractivity contribution in [3.05, 3.63) is 63.2 Å². The quantitative estimate of drug-likeness (QED) is 0.296. The molecular formula is C20H21N3O7S. The molecule has 0 spiro atoms. The van der Waals surface area contributed by atoms with Crippen molar-refractivity contribution in [1.29, 1.82) is 0 Å². The summed E-state index contributed by atoms with van der Waals surface area (Å²) in [6.45, 7) is -0.162. The summed E-state index contributed by atoms with van der Waals surface area (Å²) in [6.07, 6.45) is 2.39. The number of ketones is 1. The van der Waals surface area contributed by atoms with Crippen molar-refractivity contribution in [2.45, 2.75) is 12.8 Å². The zero-order chi connectivity index (χ0) is 22.8. The van der Waals surface area contributed by atoms with Gasteiger partial charge >= 0.3 is 5.97 Å². The zero-order valence-electron chi connectivity index (χ0n) is 17.0. The molecule has 0 atom stereocenters. The Morgan fingerprint density at radius 3 is 2.55 bits per heavy atom. The van der Waals surface area contributed by atoms with Crippen LogP contribution in [0.25, 0.3) is 0 Å². The first-order valence-electron chi connectivity index (χ1n) is 9.39. The minimum atomic E-state index is -3.41. The first-order valence-corrected chi connectivity index (χ1v) is 11.2. The Hall–Kier alpha value is -3.47. The zero-order valence-corrected chi connectivity index (χ0v) is 17.8. The molecular weight excluding hydrogens is 426 g/mol. The summed E-state index contributed by atoms with van der Waals surface area (Å²) in [7, 11) is -1.89. The van der Waals surface area contributed by atoms with Gasteiger partial charge in [-0.05, 0) is 48.7 Å². The number of carbonyl (C=O) groups is 2. The molecule has 0 aliphatic carbocycles. The Labute approximate surface area is 179 Å². The molecule has 10 nitrogen and oxygen atoms in total. The van der Waals surface area contributed by atoms with Crippen LogP contribution < -0.4 is 9.62 Å². The van der Waals surface area contributed by atoms with Gasteiger partial charge in [0.05, 0.1) is 22.4 Å². The summed E-state index contributed by atoms with van der Waals surface area (Å²) in [4.78, 5) is 35.2. The van der Waals surface area contributed by atoms with Gasteiger partial charge in [0.15, 0.2) is 12.4 Å². The number of Topliss-reactive ketones (excluding diaryl/α,β-unsaturated/α-hetero) is 1. The molecule has 0 saturated carbocycles. The van der Waals surface area contributed by atoms with Gasteiger partial charge in [-0.1, -0.05) is 0 Å². The number of rotatable bonds is 7. The van der Waals surface area contributed by atoms with Crippen molar-refractivity contribution in [3.8, 4) is 0 Å². The minimum absolute atomic E-state index is 0.0484. The summed E-state index contributed by atoms with van der Waals surface area (Å²) < 4.78 is 30.2. The van der Waals surface area contributed by atoms with Crippen LogP contribution in [0.4, 0.5) is 17.1 Å². The predicted molar refractivity (Wildman–Crippen MR) is 114 cm³/mol. The number of nitrogens with one attached hydrogen (secondary N) is 1. The smallest absolute Gasteiger partial charge is 0.338 e. The lowest BCUT2D eigenvalue weighted by Crippen LogP contribution is -2.34. The van der Waals surface area contributed by atoms with Gasteiger partial charge in [0, 0.05) is 25.2 Å². The molecule has 0 aromatic heterocycles. The number of hydrogen-bond donors (Lipinski definition) is 1. The number of fused-ring (bicyclic) bond motifs is 1. The average molecular weight is 447 g/mol. The molecule has 31 heavy (non-hydrogen) atoms. The number of nitro benzene ring substituents is 1. The van der Waals surface area contributed by atoms with E-state index in [0.717, 1.165) is 17.9 Å². The molecule has 0 saturated heterocycles. The van der Waals surface area contributed by atoms with Crippen molar-refractivity contribution in [1.82, 2.24) is 0 Å². The number of hydrogen-bond acceptors (Lipinski definition) is 8. The predicted octanol–water partition coefficient (Wildman–Crippen LogP) is 2.39. The monoisotopic (exact) mass is 447 g/mol. The van der Waals surface area contributed by atoms with Crippen LogP contribution in [0.1, 0.15) is 32.7 Å². The Kier molecular flexibility index (Phi) is 6.25. The second kappa shape index (κ2) is 8.72. The molecule has 0 bridgehead atoms. The number of aryl methyl sites for hydroxylation is 1. The van der Waals surface area contributed by atoms with Crippen LogP contribution in [0.5, 0.6) is 0 Å². The molecule has 1 aliphatic rings. The van der Waals surface area contributed by atoms with E-state index < -0.39 is 33.3 Å². The van der Waals surface area contributed by atoms with Crippen LogP contribution in [-0.4, -0.2) is 51.5 Å². The fourth-order valence-corrected chi connectivity index (χ4v) is 4.40. The summed E-state index contributed by atoms with van der Waals surface area (Å²) in [5.41, 5.74) is 1.47. The van der Waals surface area contributed by atoms with E-state index in [0.29, 0.717) is 30.6 Å². The fourth-order valence-electron chi connectivity index (χ4n) is 3.40. The molecule has 0 amide bonds. The fraction of sp³-hybridized carbons (Fsp3) is 0.300. The molecule has 1 heterocycles. The number of sulfonamides is 1. The highest BCUT2D eigenvalue weighted by Gasteiger charge is 2.25. The van der Waals surface area contributed by atoms with Crippen molar-refractivity contribution in [3.63, 3.8) is 0 Å². The highest BCUT2D eigenvalue weighted by atomic mass is 32.2. The van der Waals surface area contributed by atoms with Crippen LogP contribution in [0, 0.1) is 10.1 Å². The van der Waals surface area contributed by atoms with Crippen LogP contribution >= 0.6 is 0 Å². The number of ether oxygens (including phenoxy) is 1. The van der Waals surface area contributed by atoms with E-state index in [-0.39, 0.29) is 16.9 Å². The standard InChI is InChI=1S/C20H21N3O7S/c1-21-16-7-5-15(11-18(16)23(26)27)20(25)30-12-19(24)14-6-8-17-13(10-14)4-3-9-22(17)31(2,28)29/h5-8,10-11,21H,3-4,9,12H2,1-2H3. The van der Waals surface area contributed by atoms with E-state index in [1.54, 1.807) is 12.1 Å². The van der Waals surface area contributed by atoms with Gasteiger partial charge in [0.25, 0.3) is 5.69 Å². The molecule has 0 radical (unpaired) electrons. The Bertz CT molecular complexity index is 1160. The lowest BCUT2D eigenvalue weighted by molar-refractivity contribution is -0.384. The number of carbonyl (C=O) groups excluding carboxylic acids is 2. The van der Waals surface area contributed by atoms with Gasteiger partial charge in [0.2, 0.25) is 10.0 Å². The number of esters is 1. The summed E-state index contributed by atoms with van der Waals surface area (Å²) in [5, 5.41) is 13.8. The third-order valence-electron chi connectivity index (χ3n) is 4.91. The lowest BCUT2D eigenvalue weighted by atomic mass is 9.99. The second-order valence-electron chi connectivity index (χ2n) is 7.02. The Morgan fingerprint density at radius 2 is 1.90 bits per heavy atom. The molecule has 3 rings (SSSR count). The average Bonchev–Trinajstić information content (AvgIpc) is 2.75. The first-order chi connectivity index (χ1) is 14.6. The van der Waals surface area contributed by atoms with E-state index in [9.17, 15) is 28.1 Å². The molecule has 0 unspecified atom stereocenters. The van der Waals surface area contributed by atoms with E-state index >= 15 is 0 Å². The molecule has 2 aromatic carbocycles. The summed E-state index contributed by atoms with van der Waals surface area (Å²) in [5.74, 6) is -1.32. The van der Waals surface area contributed by atoms with Gasteiger partial charge in [-0.3, -0.25) is 19.2 Å². The van der Waals surface area contributed by atoms with Crippen molar-refractivity contribution in [2.75, 3.05) is 36.1 Å². The topological polar surface area (TPSA) is 136 Å². The van der Waals surface area contributed by atoms with Crippen molar-refractivity contribution < 1.29 is 27.7 Å². The minimum Gasteiger partial charge on any atom is -0.454 e. The largest absolute Gasteiger partial charge is 0.454 e. The third-order valence-corrected chi connectivity index (χ3v) is 6.09. The second-order valence-corrected chi connectivity index (χ2v) is 8.93. The van der Waals surface area contributed by atoms with Crippen molar-refractivity contribution in [2.24, 2.45) is 0 Å². The molecule has 1 aliphatic heterocycles. The van der Waals surface area contributed by atoms with Gasteiger partial charge in [-0.25, -0.2) is 13.2 Å². The third kappa shape index (κ3) is 4.82. The molecule has 0 fully saturated rings. The Morgan fingerprint density at radius 1 is 1.19 bits per heavy atom. The van der Waals surface area contributed by atoms with Crippen LogP contribution in [-0.2, 0) is 21.2 Å². The van der Waals surface area contributed by atoms with E-state index in [4.69, 9.17) is 4.74 Å². The molecule has 164 valence electrons. The van der Waals surface area contributed by atoms with E-state index in [2.05, 4.69) is 5.32 Å². The molecule has 11 heteroatoms. The lowest BCUT2D eigenvalue weighted by Gasteiger charge is -2.29. The maximum absolute atomic E-state index is 12.5. The maximum Gasteiger partial charge on any atom is 0.338 e. The number of nitrogens with zero attached hydrogens (tertiary/aromatic N) is 2. The molecule has 1 N–H and O–H groups in total. The van der Waals surface area contributed by atoms with E-state index in [1.165, 1.54) is 29.6 Å². The first kappa shape index (κ1) is 22.2. The van der Waals surface area contributed by atoms with Crippen molar-refractivity contribution >= 4 is 38.8 Å². The number of anilines is 2. The SMILES string of the molecule is CNc1ccc(C(=O)OCC(=O)c2ccc3c(c2)CCCN3S(C)(=O)=O)cc1[N+](=O)[O-]. The van der Waals surface area contributed by atoms with Gasteiger partial charge in [0.1, 0.15) is 5.69 Å². The van der Waals surface area contributed by atoms with Crippen LogP contribution in [0.15, 0.2) is 36.4 Å². The van der Waals surface area contributed by atoms with Gasteiger partial charge < -0.3 is 10.1 Å². The normalized spacial score (nSPS) is 13.3.